The molecule has 1 aliphatic heterocycles. The Morgan fingerprint density at radius 1 is 0.741 bits per heavy atom. The van der Waals surface area contributed by atoms with E-state index in [1.54, 1.807) is 0 Å². The van der Waals surface area contributed by atoms with Gasteiger partial charge < -0.3 is 20.1 Å². The van der Waals surface area contributed by atoms with Gasteiger partial charge in [0.25, 0.3) is 0 Å². The predicted octanol–water partition coefficient (Wildman–Crippen LogP) is 3.91. The maximum Gasteiger partial charge on any atom is 0.135 e. The van der Waals surface area contributed by atoms with Crippen LogP contribution in [0.2, 0.25) is 0 Å². The molecule has 1 saturated heterocycles. The molecule has 4 atom stereocenters. The lowest BCUT2D eigenvalue weighted by atomic mass is 10.0. The quantitative estimate of drug-likeness (QED) is 0.330. The number of ketones is 1. The largest absolute Gasteiger partial charge is 0.394 e. The second kappa shape index (κ2) is 15.4. The van der Waals surface area contributed by atoms with Crippen LogP contribution in [0.1, 0.15) is 103 Å². The Hall–Kier alpha value is -0.490. The first-order valence-electron chi connectivity index (χ1n) is 11.2. The number of aliphatic hydroxyl groups is 3. The van der Waals surface area contributed by atoms with Gasteiger partial charge in [-0.05, 0) is 6.42 Å². The molecule has 1 aliphatic rings. The molecular weight excluding hydrogens is 344 g/mol. The predicted molar refractivity (Wildman–Crippen MR) is 108 cm³/mol. The SMILES string of the molecule is CCCCCCCCCCCCCCCC(=O)C[C@H]1O[C@H](CO)[C@H](O)[C@H]1O. The molecule has 1 heterocycles. The lowest BCUT2D eigenvalue weighted by molar-refractivity contribution is -0.123. The van der Waals surface area contributed by atoms with Gasteiger partial charge in [0.2, 0.25) is 0 Å². The molecule has 27 heavy (non-hydrogen) atoms. The summed E-state index contributed by atoms with van der Waals surface area (Å²) in [6.07, 6.45) is 13.6. The minimum atomic E-state index is -1.11. The molecule has 0 saturated carbocycles. The summed E-state index contributed by atoms with van der Waals surface area (Å²) in [5.74, 6) is 0.0629. The van der Waals surface area contributed by atoms with Crippen molar-refractivity contribution in [3.05, 3.63) is 0 Å². The summed E-state index contributed by atoms with van der Waals surface area (Å²) in [7, 11) is 0. The van der Waals surface area contributed by atoms with Crippen molar-refractivity contribution in [1.82, 2.24) is 0 Å². The second-order valence-electron chi connectivity index (χ2n) is 8.11. The molecule has 1 fully saturated rings. The zero-order chi connectivity index (χ0) is 19.9. The summed E-state index contributed by atoms with van der Waals surface area (Å²) in [4.78, 5) is 12.0. The van der Waals surface area contributed by atoms with Gasteiger partial charge in [0.1, 0.15) is 24.1 Å². The number of carbonyl (C=O) groups is 1. The zero-order valence-corrected chi connectivity index (χ0v) is 17.3. The highest BCUT2D eigenvalue weighted by Crippen LogP contribution is 2.24. The lowest BCUT2D eigenvalue weighted by Crippen LogP contribution is -2.34. The van der Waals surface area contributed by atoms with Crippen LogP contribution in [0.5, 0.6) is 0 Å². The van der Waals surface area contributed by atoms with E-state index in [0.29, 0.717) is 6.42 Å². The van der Waals surface area contributed by atoms with Crippen molar-refractivity contribution in [3.63, 3.8) is 0 Å². The molecule has 160 valence electrons. The van der Waals surface area contributed by atoms with Crippen molar-refractivity contribution in [3.8, 4) is 0 Å². The van der Waals surface area contributed by atoms with Crippen LogP contribution in [0.25, 0.3) is 0 Å². The Morgan fingerprint density at radius 2 is 1.19 bits per heavy atom. The van der Waals surface area contributed by atoms with Crippen LogP contribution in [0.3, 0.4) is 0 Å². The average molecular weight is 387 g/mol. The number of ether oxygens (including phenoxy) is 1. The van der Waals surface area contributed by atoms with Crippen LogP contribution in [0.15, 0.2) is 0 Å². The third-order valence-electron chi connectivity index (χ3n) is 5.63. The van der Waals surface area contributed by atoms with Crippen LogP contribution in [0, 0.1) is 0 Å². The Kier molecular flexibility index (Phi) is 14.0. The molecule has 0 aromatic carbocycles. The normalized spacial score (nSPS) is 25.2. The topological polar surface area (TPSA) is 87.0 Å². The molecule has 0 radical (unpaired) electrons. The van der Waals surface area contributed by atoms with E-state index >= 15 is 0 Å². The first-order chi connectivity index (χ1) is 13.1. The summed E-state index contributed by atoms with van der Waals surface area (Å²) in [5.41, 5.74) is 0. The molecule has 3 N–H and O–H groups in total. The Morgan fingerprint density at radius 3 is 1.63 bits per heavy atom. The van der Waals surface area contributed by atoms with E-state index < -0.39 is 24.4 Å². The summed E-state index contributed by atoms with van der Waals surface area (Å²) in [6, 6.07) is 0. The number of Topliss-reactive ketones (excluding diaryl/α,β-unsaturated/α-hetero) is 1. The molecule has 5 nitrogen and oxygen atoms in total. The standard InChI is InChI=1S/C22H42O5/c1-2-3-4-5-6-7-8-9-10-11-12-13-14-15-18(24)16-19-21(25)22(26)20(17-23)27-19/h19-23,25-26H,2-17H2,1H3/t19-,20-,21+,22+/m1/s1. The molecular formula is C22H42O5. The maximum atomic E-state index is 12.0. The summed E-state index contributed by atoms with van der Waals surface area (Å²) in [6.45, 7) is 1.91. The molecule has 5 heteroatoms. The second-order valence-corrected chi connectivity index (χ2v) is 8.11. The zero-order valence-electron chi connectivity index (χ0n) is 17.3. The third-order valence-corrected chi connectivity index (χ3v) is 5.63. The van der Waals surface area contributed by atoms with Crippen molar-refractivity contribution in [1.29, 1.82) is 0 Å². The monoisotopic (exact) mass is 386 g/mol. The number of aliphatic hydroxyl groups excluding tert-OH is 3. The third kappa shape index (κ3) is 10.6. The molecule has 0 unspecified atom stereocenters. The van der Waals surface area contributed by atoms with Crippen molar-refractivity contribution in [2.45, 2.75) is 128 Å². The minimum Gasteiger partial charge on any atom is -0.394 e. The van der Waals surface area contributed by atoms with Gasteiger partial charge in [0.05, 0.1) is 12.7 Å². The van der Waals surface area contributed by atoms with Gasteiger partial charge in [-0.3, -0.25) is 4.79 Å². The van der Waals surface area contributed by atoms with Gasteiger partial charge in [-0.2, -0.15) is 0 Å². The Labute approximate surface area is 165 Å². The lowest BCUT2D eigenvalue weighted by Gasteiger charge is -2.13. The average Bonchev–Trinajstić information content (AvgIpc) is 2.93. The smallest absolute Gasteiger partial charge is 0.135 e. The summed E-state index contributed by atoms with van der Waals surface area (Å²) < 4.78 is 5.35. The van der Waals surface area contributed by atoms with Crippen LogP contribution in [-0.2, 0) is 9.53 Å². The molecule has 0 spiro atoms. The number of hydrogen-bond donors (Lipinski definition) is 3. The number of hydrogen-bond acceptors (Lipinski definition) is 5. The van der Waals surface area contributed by atoms with Crippen LogP contribution >= 0.6 is 0 Å². The maximum absolute atomic E-state index is 12.0. The fraction of sp³-hybridized carbons (Fsp3) is 0.955. The van der Waals surface area contributed by atoms with Crippen LogP contribution in [0.4, 0.5) is 0 Å². The van der Waals surface area contributed by atoms with Crippen molar-refractivity contribution in [2.24, 2.45) is 0 Å². The summed E-state index contributed by atoms with van der Waals surface area (Å²) >= 11 is 0. The van der Waals surface area contributed by atoms with E-state index in [-0.39, 0.29) is 18.8 Å². The number of rotatable bonds is 17. The Balaban J connectivity index is 1.90. The van der Waals surface area contributed by atoms with E-state index in [1.165, 1.54) is 70.6 Å². The highest BCUT2D eigenvalue weighted by atomic mass is 16.6. The molecule has 0 aromatic heterocycles. The van der Waals surface area contributed by atoms with E-state index in [1.807, 2.05) is 0 Å². The molecule has 0 aliphatic carbocycles. The first kappa shape index (κ1) is 24.5. The first-order valence-corrected chi connectivity index (χ1v) is 11.2. The van der Waals surface area contributed by atoms with Gasteiger partial charge >= 0.3 is 0 Å². The van der Waals surface area contributed by atoms with E-state index in [9.17, 15) is 15.0 Å². The van der Waals surface area contributed by atoms with Gasteiger partial charge in [0.15, 0.2) is 0 Å². The molecule has 1 rings (SSSR count). The van der Waals surface area contributed by atoms with Gasteiger partial charge in [-0.25, -0.2) is 0 Å². The number of carbonyl (C=O) groups excluding carboxylic acids is 1. The van der Waals surface area contributed by atoms with Gasteiger partial charge in [-0.1, -0.05) is 84.0 Å². The minimum absolute atomic E-state index is 0.0629. The van der Waals surface area contributed by atoms with Gasteiger partial charge in [0, 0.05) is 12.8 Å². The number of unbranched alkanes of at least 4 members (excludes halogenated alkanes) is 12. The van der Waals surface area contributed by atoms with Crippen LogP contribution < -0.4 is 0 Å². The highest BCUT2D eigenvalue weighted by Gasteiger charge is 2.42. The van der Waals surface area contributed by atoms with E-state index in [2.05, 4.69) is 6.92 Å². The van der Waals surface area contributed by atoms with E-state index in [4.69, 9.17) is 9.84 Å². The van der Waals surface area contributed by atoms with Crippen molar-refractivity contribution < 1.29 is 24.9 Å². The van der Waals surface area contributed by atoms with E-state index in [0.717, 1.165) is 12.8 Å². The Bertz CT molecular complexity index is 374. The van der Waals surface area contributed by atoms with Gasteiger partial charge in [-0.15, -0.1) is 0 Å². The highest BCUT2D eigenvalue weighted by molar-refractivity contribution is 5.79. The fourth-order valence-electron chi connectivity index (χ4n) is 3.81. The van der Waals surface area contributed by atoms with Crippen molar-refractivity contribution in [2.75, 3.05) is 6.61 Å². The van der Waals surface area contributed by atoms with Crippen molar-refractivity contribution >= 4 is 5.78 Å². The summed E-state index contributed by atoms with van der Waals surface area (Å²) in [5, 5.41) is 28.6. The molecule has 0 amide bonds. The fourth-order valence-corrected chi connectivity index (χ4v) is 3.81. The van der Waals surface area contributed by atoms with Crippen LogP contribution in [-0.4, -0.2) is 52.1 Å². The molecule has 0 bridgehead atoms. The molecule has 0 aromatic rings.